The Morgan fingerprint density at radius 3 is 1.98 bits per heavy atom. The maximum absolute atomic E-state index is 2.62. The molecule has 0 saturated heterocycles. The van der Waals surface area contributed by atoms with Crippen molar-refractivity contribution in [3.63, 3.8) is 0 Å². The molecule has 0 amide bonds. The van der Waals surface area contributed by atoms with Crippen molar-refractivity contribution < 1.29 is 22.8 Å². The quantitative estimate of drug-likeness (QED) is 0.236. The Kier molecular flexibility index (Phi) is 7.70. The molecule has 6 rings (SSSR count). The van der Waals surface area contributed by atoms with Gasteiger partial charge in [-0.25, -0.2) is 0 Å². The molecule has 42 heavy (non-hydrogen) atoms. The van der Waals surface area contributed by atoms with E-state index in [9.17, 15) is 0 Å². The summed E-state index contributed by atoms with van der Waals surface area (Å²) in [7, 11) is -3.27. The molecule has 3 aromatic rings. The standard InChI is InChI=1S/C26H33Si2.C13H10.Zr/c1-18-15-20-17-22-21(24(20)23(16-18)27(3,4)5)13-14-26(2,28(6,7)8)25(22)19-11-9-10-12-19;1-3-7-12(8-4-1)11-13-9-5-2-6-10-13;/h9-11,13-16H,12H2,1-8H3;1-10H;. The first kappa shape index (κ1) is 29.6. The van der Waals surface area contributed by atoms with E-state index in [1.807, 2.05) is 0 Å². The van der Waals surface area contributed by atoms with Gasteiger partial charge in [0.25, 0.3) is 0 Å². The van der Waals surface area contributed by atoms with E-state index in [-0.39, 0.29) is 5.04 Å². The molecule has 0 heterocycles. The van der Waals surface area contributed by atoms with Gasteiger partial charge in [0.15, 0.2) is 0 Å². The predicted octanol–water partition coefficient (Wildman–Crippen LogP) is 8.02. The molecule has 0 radical (unpaired) electrons. The van der Waals surface area contributed by atoms with Gasteiger partial charge in [-0.1, -0.05) is 0 Å². The summed E-state index contributed by atoms with van der Waals surface area (Å²) in [5, 5.41) is 4.80. The number of hydrogen-bond donors (Lipinski definition) is 0. The van der Waals surface area contributed by atoms with Gasteiger partial charge in [-0.2, -0.15) is 0 Å². The molecule has 0 aromatic heterocycles. The average Bonchev–Trinajstić information content (AvgIpc) is 3.58. The van der Waals surface area contributed by atoms with Crippen LogP contribution in [0.5, 0.6) is 0 Å². The molecule has 3 aromatic carbocycles. The second kappa shape index (κ2) is 10.9. The van der Waals surface area contributed by atoms with E-state index in [0.29, 0.717) is 0 Å². The Balaban J connectivity index is 1.83. The normalized spacial score (nSPS) is 19.6. The molecule has 1 atom stereocenters. The second-order valence-corrected chi connectivity index (χ2v) is 28.0. The molecule has 3 heteroatoms. The first-order valence-electron chi connectivity index (χ1n) is 15.4. The van der Waals surface area contributed by atoms with Crippen LogP contribution in [0.15, 0.2) is 120 Å². The molecular formula is C39H43Si2Zr. The van der Waals surface area contributed by atoms with Gasteiger partial charge in [0.05, 0.1) is 0 Å². The van der Waals surface area contributed by atoms with Crippen molar-refractivity contribution in [2.24, 2.45) is 0 Å². The summed E-state index contributed by atoms with van der Waals surface area (Å²) in [6.07, 6.45) is 13.3. The van der Waals surface area contributed by atoms with Gasteiger partial charge in [0.1, 0.15) is 0 Å². The summed E-state index contributed by atoms with van der Waals surface area (Å²) in [4.78, 5) is 0. The topological polar surface area (TPSA) is 0 Å². The second-order valence-electron chi connectivity index (χ2n) is 14.4. The summed E-state index contributed by atoms with van der Waals surface area (Å²) >= 11 is -1.30. The van der Waals surface area contributed by atoms with Crippen molar-refractivity contribution in [2.45, 2.75) is 64.6 Å². The van der Waals surface area contributed by atoms with Gasteiger partial charge < -0.3 is 0 Å². The molecule has 211 valence electrons. The fraction of sp³-hybridized carbons (Fsp3) is 0.256. The number of rotatable bonds is 6. The number of aryl methyl sites for hydroxylation is 1. The Hall–Kier alpha value is -2.45. The van der Waals surface area contributed by atoms with Crippen LogP contribution in [0.3, 0.4) is 0 Å². The van der Waals surface area contributed by atoms with E-state index < -0.39 is 38.9 Å². The number of fused-ring (bicyclic) bond motifs is 2. The summed E-state index contributed by atoms with van der Waals surface area (Å²) in [5.74, 6) is 0. The first-order chi connectivity index (χ1) is 19.9. The van der Waals surface area contributed by atoms with Crippen molar-refractivity contribution in [3.05, 3.63) is 147 Å². The van der Waals surface area contributed by atoms with Gasteiger partial charge in [-0.15, -0.1) is 0 Å². The fourth-order valence-electron chi connectivity index (χ4n) is 6.81. The molecule has 1 unspecified atom stereocenters. The fourth-order valence-corrected chi connectivity index (χ4v) is 14.0. The zero-order valence-electron chi connectivity index (χ0n) is 26.5. The van der Waals surface area contributed by atoms with Crippen molar-refractivity contribution in [1.82, 2.24) is 0 Å². The molecule has 0 spiro atoms. The van der Waals surface area contributed by atoms with Crippen LogP contribution in [0.25, 0.3) is 8.85 Å². The van der Waals surface area contributed by atoms with E-state index in [4.69, 9.17) is 0 Å². The van der Waals surface area contributed by atoms with E-state index >= 15 is 0 Å². The number of allylic oxidation sites excluding steroid dienone is 8. The molecule has 0 bridgehead atoms. The molecule has 0 N–H and O–H groups in total. The van der Waals surface area contributed by atoms with Crippen LogP contribution < -0.4 is 15.6 Å². The van der Waals surface area contributed by atoms with Crippen molar-refractivity contribution >= 4 is 33.4 Å². The summed E-state index contributed by atoms with van der Waals surface area (Å²) in [6.45, 7) is 20.2. The molecule has 0 fully saturated rings. The zero-order valence-corrected chi connectivity index (χ0v) is 31.0. The van der Waals surface area contributed by atoms with Gasteiger partial charge in [0, 0.05) is 0 Å². The Labute approximate surface area is 266 Å². The van der Waals surface area contributed by atoms with Crippen molar-refractivity contribution in [1.29, 1.82) is 0 Å². The van der Waals surface area contributed by atoms with Crippen LogP contribution in [0.2, 0.25) is 44.3 Å². The van der Waals surface area contributed by atoms with Crippen LogP contribution in [0.1, 0.15) is 30.0 Å². The maximum atomic E-state index is 2.62. The van der Waals surface area contributed by atoms with Gasteiger partial charge >= 0.3 is 268 Å². The van der Waals surface area contributed by atoms with Crippen molar-refractivity contribution in [3.8, 4) is 0 Å². The van der Waals surface area contributed by atoms with Crippen molar-refractivity contribution in [2.75, 3.05) is 0 Å². The zero-order chi connectivity index (χ0) is 29.9. The van der Waals surface area contributed by atoms with E-state index in [1.165, 1.54) is 27.8 Å². The Morgan fingerprint density at radius 1 is 0.833 bits per heavy atom. The van der Waals surface area contributed by atoms with Crippen LogP contribution in [-0.4, -0.2) is 19.4 Å². The van der Waals surface area contributed by atoms with Crippen LogP contribution in [0.4, 0.5) is 0 Å². The molecule has 3 aliphatic rings. The van der Waals surface area contributed by atoms with E-state index in [1.54, 1.807) is 33.3 Å². The van der Waals surface area contributed by atoms with E-state index in [2.05, 4.69) is 156 Å². The van der Waals surface area contributed by atoms with Gasteiger partial charge in [-0.3, -0.25) is 0 Å². The minimum absolute atomic E-state index is 0.0738. The first-order valence-corrected chi connectivity index (χ1v) is 24.8. The van der Waals surface area contributed by atoms with E-state index in [0.717, 1.165) is 6.42 Å². The van der Waals surface area contributed by atoms with Crippen LogP contribution in [0, 0.1) is 6.92 Å². The average molecular weight is 659 g/mol. The summed E-state index contributed by atoms with van der Waals surface area (Å²) in [5.41, 5.74) is 10.5. The third-order valence-electron chi connectivity index (χ3n) is 9.53. The monoisotopic (exact) mass is 657 g/mol. The van der Waals surface area contributed by atoms with Crippen LogP contribution >= 0.6 is 0 Å². The molecule has 0 aliphatic heterocycles. The predicted molar refractivity (Wildman–Crippen MR) is 186 cm³/mol. The Morgan fingerprint density at radius 2 is 1.45 bits per heavy atom. The third-order valence-corrected chi connectivity index (χ3v) is 19.0. The number of hydrogen-bond acceptors (Lipinski definition) is 0. The molecule has 3 aliphatic carbocycles. The van der Waals surface area contributed by atoms with Crippen LogP contribution in [-0.2, 0) is 22.8 Å². The summed E-state index contributed by atoms with van der Waals surface area (Å²) < 4.78 is 3.26. The van der Waals surface area contributed by atoms with Gasteiger partial charge in [0.2, 0.25) is 0 Å². The third kappa shape index (κ3) is 5.06. The Bertz CT molecular complexity index is 1810. The molecular weight excluding hydrogens is 616 g/mol. The SMILES string of the molecule is Cc1cc([Si](C)(C)C)c2c(c1)=[C]([Zr]=[C](c1ccccc1)c1ccccc1)C1=C(C3=CC=CC3)C(C)([Si](C)(C)C)C=CC=21. The number of benzene rings is 3. The molecule has 0 nitrogen and oxygen atoms in total. The van der Waals surface area contributed by atoms with Gasteiger partial charge in [-0.05, 0) is 0 Å². The minimum atomic E-state index is -1.65. The molecule has 0 saturated carbocycles. The summed E-state index contributed by atoms with van der Waals surface area (Å²) in [6, 6.07) is 27.5.